The first-order valence-corrected chi connectivity index (χ1v) is 8.38. The van der Waals surface area contributed by atoms with Crippen LogP contribution >= 0.6 is 11.8 Å². The van der Waals surface area contributed by atoms with Crippen molar-refractivity contribution >= 4 is 29.3 Å². The molecule has 0 aliphatic heterocycles. The highest BCUT2D eigenvalue weighted by molar-refractivity contribution is 7.99. The van der Waals surface area contributed by atoms with Crippen molar-refractivity contribution in [1.82, 2.24) is 0 Å². The summed E-state index contributed by atoms with van der Waals surface area (Å²) in [5.41, 5.74) is 1.20. The number of nitrogens with one attached hydrogen (secondary N) is 1. The Kier molecular flexibility index (Phi) is 6.44. The van der Waals surface area contributed by atoms with Crippen molar-refractivity contribution in [2.75, 3.05) is 12.4 Å². The molecule has 0 spiro atoms. The summed E-state index contributed by atoms with van der Waals surface area (Å²) < 4.78 is 5.10. The molecule has 2 rings (SSSR count). The molecule has 6 nitrogen and oxygen atoms in total. The third kappa shape index (κ3) is 4.98. The molecular formula is C18H19NO5S. The Balaban J connectivity index is 2.37. The van der Waals surface area contributed by atoms with E-state index >= 15 is 0 Å². The van der Waals surface area contributed by atoms with Gasteiger partial charge in [0.25, 0.3) is 0 Å². The van der Waals surface area contributed by atoms with E-state index in [-0.39, 0.29) is 5.91 Å². The second kappa shape index (κ2) is 8.55. The van der Waals surface area contributed by atoms with Crippen molar-refractivity contribution in [3.8, 4) is 5.75 Å². The van der Waals surface area contributed by atoms with Crippen LogP contribution in [0, 0.1) is 0 Å². The van der Waals surface area contributed by atoms with Gasteiger partial charge < -0.3 is 20.3 Å². The highest BCUT2D eigenvalue weighted by Gasteiger charge is 2.29. The van der Waals surface area contributed by atoms with Crippen LogP contribution in [-0.2, 0) is 9.59 Å². The van der Waals surface area contributed by atoms with Gasteiger partial charge in [-0.1, -0.05) is 24.3 Å². The zero-order valence-corrected chi connectivity index (χ0v) is 14.6. The molecule has 0 aliphatic rings. The Morgan fingerprint density at radius 3 is 2.32 bits per heavy atom. The van der Waals surface area contributed by atoms with E-state index in [1.54, 1.807) is 48.5 Å². The van der Waals surface area contributed by atoms with Gasteiger partial charge in [-0.15, -0.1) is 11.8 Å². The molecule has 0 radical (unpaired) electrons. The Morgan fingerprint density at radius 2 is 1.76 bits per heavy atom. The molecule has 0 saturated heterocycles. The van der Waals surface area contributed by atoms with Crippen molar-refractivity contribution < 1.29 is 24.5 Å². The lowest BCUT2D eigenvalue weighted by Gasteiger charge is -2.21. The van der Waals surface area contributed by atoms with Crippen LogP contribution in [-0.4, -0.2) is 35.3 Å². The molecule has 2 aromatic carbocycles. The average molecular weight is 361 g/mol. The minimum absolute atomic E-state index is 0.229. The van der Waals surface area contributed by atoms with Gasteiger partial charge in [0, 0.05) is 11.8 Å². The molecule has 0 aliphatic carbocycles. The smallest absolute Gasteiger partial charge is 0.334 e. The van der Waals surface area contributed by atoms with Gasteiger partial charge in [0.1, 0.15) is 5.75 Å². The molecule has 0 fully saturated rings. The SMILES string of the molecule is COc1ccc([C@@H](Sc2ccccc2NC(C)=O)[C@H](O)C(=O)O)cc1. The number of methoxy groups -OCH3 is 1. The largest absolute Gasteiger partial charge is 0.497 e. The van der Waals surface area contributed by atoms with Crippen LogP contribution in [0.3, 0.4) is 0 Å². The van der Waals surface area contributed by atoms with E-state index in [4.69, 9.17) is 4.74 Å². The van der Waals surface area contributed by atoms with Gasteiger partial charge >= 0.3 is 5.97 Å². The van der Waals surface area contributed by atoms with Crippen LogP contribution in [0.25, 0.3) is 0 Å². The monoisotopic (exact) mass is 361 g/mol. The summed E-state index contributed by atoms with van der Waals surface area (Å²) in [6.07, 6.45) is -1.61. The van der Waals surface area contributed by atoms with Crippen LogP contribution in [0.2, 0.25) is 0 Å². The van der Waals surface area contributed by atoms with Crippen molar-refractivity contribution in [2.45, 2.75) is 23.2 Å². The van der Waals surface area contributed by atoms with Crippen molar-refractivity contribution in [3.63, 3.8) is 0 Å². The number of carbonyl (C=O) groups excluding carboxylic acids is 1. The molecule has 1 amide bonds. The van der Waals surface area contributed by atoms with E-state index in [1.165, 1.54) is 25.8 Å². The summed E-state index contributed by atoms with van der Waals surface area (Å²) in [6.45, 7) is 1.40. The van der Waals surface area contributed by atoms with Crippen LogP contribution in [0.1, 0.15) is 17.7 Å². The molecule has 132 valence electrons. The van der Waals surface area contributed by atoms with Gasteiger partial charge in [-0.2, -0.15) is 0 Å². The minimum Gasteiger partial charge on any atom is -0.497 e. The number of thioether (sulfide) groups is 1. The second-order valence-electron chi connectivity index (χ2n) is 5.27. The number of benzene rings is 2. The maximum absolute atomic E-state index is 11.4. The van der Waals surface area contributed by atoms with Gasteiger partial charge in [0.2, 0.25) is 5.91 Å². The molecule has 0 saturated carbocycles. The number of anilines is 1. The summed E-state index contributed by atoms with van der Waals surface area (Å²) in [4.78, 5) is 23.4. The predicted molar refractivity (Wildman–Crippen MR) is 96.0 cm³/mol. The van der Waals surface area contributed by atoms with E-state index in [9.17, 15) is 19.8 Å². The van der Waals surface area contributed by atoms with Crippen molar-refractivity contribution in [3.05, 3.63) is 54.1 Å². The molecule has 0 heterocycles. The first-order valence-electron chi connectivity index (χ1n) is 7.50. The summed E-state index contributed by atoms with van der Waals surface area (Å²) in [5, 5.41) is 21.4. The number of hydrogen-bond donors (Lipinski definition) is 3. The average Bonchev–Trinajstić information content (AvgIpc) is 2.60. The Labute approximate surface area is 149 Å². The molecule has 3 N–H and O–H groups in total. The number of hydrogen-bond acceptors (Lipinski definition) is 5. The highest BCUT2D eigenvalue weighted by Crippen LogP contribution is 2.41. The number of aliphatic carboxylic acids is 1. The van der Waals surface area contributed by atoms with E-state index in [0.29, 0.717) is 21.9 Å². The fourth-order valence-corrected chi connectivity index (χ4v) is 3.45. The lowest BCUT2D eigenvalue weighted by atomic mass is 10.1. The topological polar surface area (TPSA) is 95.9 Å². The quantitative estimate of drug-likeness (QED) is 0.656. The van der Waals surface area contributed by atoms with Gasteiger partial charge in [-0.25, -0.2) is 4.79 Å². The number of carboxylic acid groups (broad SMARTS) is 1. The van der Waals surface area contributed by atoms with Gasteiger partial charge in [-0.05, 0) is 29.8 Å². The van der Waals surface area contributed by atoms with E-state index in [1.807, 2.05) is 0 Å². The zero-order chi connectivity index (χ0) is 18.4. The molecule has 0 unspecified atom stereocenters. The fourth-order valence-electron chi connectivity index (χ4n) is 2.24. The molecule has 7 heteroatoms. The Bertz CT molecular complexity index is 747. The Hall–Kier alpha value is -2.51. The van der Waals surface area contributed by atoms with Crippen molar-refractivity contribution in [2.24, 2.45) is 0 Å². The first-order chi connectivity index (χ1) is 11.9. The number of amides is 1. The van der Waals surface area contributed by atoms with Crippen LogP contribution < -0.4 is 10.1 Å². The molecule has 25 heavy (non-hydrogen) atoms. The highest BCUT2D eigenvalue weighted by atomic mass is 32.2. The van der Waals surface area contributed by atoms with Crippen LogP contribution in [0.5, 0.6) is 5.75 Å². The molecule has 0 bridgehead atoms. The molecule has 2 aromatic rings. The maximum Gasteiger partial charge on any atom is 0.334 e. The number of rotatable bonds is 7. The molecule has 0 aromatic heterocycles. The third-order valence-corrected chi connectivity index (χ3v) is 4.83. The summed E-state index contributed by atoms with van der Waals surface area (Å²) in [6, 6.07) is 13.9. The normalized spacial score (nSPS) is 12.9. The Morgan fingerprint density at radius 1 is 1.12 bits per heavy atom. The second-order valence-corrected chi connectivity index (χ2v) is 6.46. The first kappa shape index (κ1) is 18.8. The van der Waals surface area contributed by atoms with E-state index < -0.39 is 17.3 Å². The van der Waals surface area contributed by atoms with Gasteiger partial charge in [0.05, 0.1) is 18.0 Å². The van der Waals surface area contributed by atoms with Crippen LogP contribution in [0.4, 0.5) is 5.69 Å². The number of ether oxygens (including phenoxy) is 1. The van der Waals surface area contributed by atoms with E-state index in [2.05, 4.69) is 5.32 Å². The number of carbonyl (C=O) groups is 2. The predicted octanol–water partition coefficient (Wildman–Crippen LogP) is 2.93. The lowest BCUT2D eigenvalue weighted by Crippen LogP contribution is -2.26. The summed E-state index contributed by atoms with van der Waals surface area (Å²) in [5.74, 6) is -0.908. The number of para-hydroxylation sites is 1. The molecular weight excluding hydrogens is 342 g/mol. The third-order valence-electron chi connectivity index (χ3n) is 3.44. The summed E-state index contributed by atoms with van der Waals surface area (Å²) in [7, 11) is 1.54. The van der Waals surface area contributed by atoms with Crippen LogP contribution in [0.15, 0.2) is 53.4 Å². The number of carboxylic acids is 1. The van der Waals surface area contributed by atoms with E-state index in [0.717, 1.165) is 0 Å². The standard InChI is InChI=1S/C18H19NO5S/c1-11(20)19-14-5-3-4-6-15(14)25-17(16(21)18(22)23)12-7-9-13(24-2)10-8-12/h3-10,16-17,21H,1-2H3,(H,19,20)(H,22,23)/t16-,17+/m0/s1. The number of aliphatic hydroxyl groups is 1. The fraction of sp³-hybridized carbons (Fsp3) is 0.222. The lowest BCUT2D eigenvalue weighted by molar-refractivity contribution is -0.146. The summed E-state index contributed by atoms with van der Waals surface area (Å²) >= 11 is 1.17. The van der Waals surface area contributed by atoms with Crippen molar-refractivity contribution in [1.29, 1.82) is 0 Å². The van der Waals surface area contributed by atoms with Gasteiger partial charge in [0.15, 0.2) is 6.10 Å². The van der Waals surface area contributed by atoms with Gasteiger partial charge in [-0.3, -0.25) is 4.79 Å². The molecule has 2 atom stereocenters. The number of aliphatic hydroxyl groups excluding tert-OH is 1. The maximum atomic E-state index is 11.4. The zero-order valence-electron chi connectivity index (χ0n) is 13.8. The minimum atomic E-state index is -1.61.